The van der Waals surface area contributed by atoms with E-state index >= 15 is 0 Å². The maximum atomic E-state index is 12.8. The van der Waals surface area contributed by atoms with Crippen LogP contribution in [0.1, 0.15) is 48.0 Å². The van der Waals surface area contributed by atoms with E-state index in [1.165, 1.54) is 25.8 Å². The fourth-order valence-electron chi connectivity index (χ4n) is 3.76. The molecule has 0 radical (unpaired) electrons. The van der Waals surface area contributed by atoms with Crippen LogP contribution in [0.2, 0.25) is 5.02 Å². The Bertz CT molecular complexity index is 891. The molecule has 2 aromatic rings. The van der Waals surface area contributed by atoms with Crippen LogP contribution < -0.4 is 9.47 Å². The van der Waals surface area contributed by atoms with Gasteiger partial charge in [0.25, 0.3) is 0 Å². The van der Waals surface area contributed by atoms with Crippen molar-refractivity contribution in [3.05, 3.63) is 64.7 Å². The highest BCUT2D eigenvalue weighted by Gasteiger charge is 2.12. The van der Waals surface area contributed by atoms with Crippen molar-refractivity contribution in [1.82, 2.24) is 4.90 Å². The summed E-state index contributed by atoms with van der Waals surface area (Å²) in [6.07, 6.45) is 9.08. The van der Waals surface area contributed by atoms with E-state index in [2.05, 4.69) is 4.90 Å². The highest BCUT2D eigenvalue weighted by atomic mass is 35.5. The number of unbranched alkanes of at least 4 members (excludes halogenated alkanes) is 4. The van der Waals surface area contributed by atoms with Crippen molar-refractivity contribution >= 4 is 23.5 Å². The predicted molar refractivity (Wildman–Crippen MR) is 134 cm³/mol. The van der Waals surface area contributed by atoms with E-state index in [0.29, 0.717) is 28.7 Å². The number of ether oxygens (including phenoxy) is 3. The Hall–Kier alpha value is -2.34. The molecule has 0 unspecified atom stereocenters. The highest BCUT2D eigenvalue weighted by Crippen LogP contribution is 2.26. The number of nitrogens with zero attached hydrogens (tertiary/aromatic N) is 1. The minimum absolute atomic E-state index is 0.106. The molecule has 0 spiro atoms. The van der Waals surface area contributed by atoms with Gasteiger partial charge < -0.3 is 14.2 Å². The van der Waals surface area contributed by atoms with E-state index in [9.17, 15) is 4.79 Å². The molecule has 3 rings (SSSR count). The lowest BCUT2D eigenvalue weighted by atomic mass is 10.1. The molecule has 0 bridgehead atoms. The van der Waals surface area contributed by atoms with Gasteiger partial charge in [-0.2, -0.15) is 0 Å². The van der Waals surface area contributed by atoms with E-state index in [-0.39, 0.29) is 5.78 Å². The Morgan fingerprint density at radius 2 is 1.76 bits per heavy atom. The Balaban J connectivity index is 1.43. The number of benzene rings is 2. The van der Waals surface area contributed by atoms with Crippen molar-refractivity contribution in [2.45, 2.75) is 32.1 Å². The molecule has 1 aliphatic rings. The molecule has 0 aromatic heterocycles. The fourth-order valence-corrected chi connectivity index (χ4v) is 3.89. The molecule has 0 atom stereocenters. The quantitative estimate of drug-likeness (QED) is 0.206. The van der Waals surface area contributed by atoms with Crippen molar-refractivity contribution in [3.63, 3.8) is 0 Å². The normalized spacial score (nSPS) is 14.5. The van der Waals surface area contributed by atoms with Crippen molar-refractivity contribution in [2.24, 2.45) is 0 Å². The zero-order chi connectivity index (χ0) is 23.3. The third-order valence-corrected chi connectivity index (χ3v) is 5.98. The largest absolute Gasteiger partial charge is 0.497 e. The van der Waals surface area contributed by atoms with Crippen molar-refractivity contribution in [2.75, 3.05) is 46.6 Å². The summed E-state index contributed by atoms with van der Waals surface area (Å²) in [6.45, 7) is 5.59. The van der Waals surface area contributed by atoms with Crippen LogP contribution in [0, 0.1) is 0 Å². The molecule has 1 heterocycles. The molecule has 0 saturated carbocycles. The Kier molecular flexibility index (Phi) is 10.8. The molecule has 178 valence electrons. The standard InChI is InChI=1S/C27H34ClNO4/c1-31-24-12-13-25(26(30)14-9-22-7-10-23(28)11-8-22)27(21-24)33-18-6-4-2-3-5-15-29-16-19-32-20-17-29/h7-14,21H,2-6,15-20H2,1H3. The first-order valence-corrected chi connectivity index (χ1v) is 12.1. The summed E-state index contributed by atoms with van der Waals surface area (Å²) >= 11 is 5.92. The summed E-state index contributed by atoms with van der Waals surface area (Å²) in [5, 5.41) is 0.668. The lowest BCUT2D eigenvalue weighted by Gasteiger charge is -2.26. The SMILES string of the molecule is COc1ccc(C(=O)C=Cc2ccc(Cl)cc2)c(OCCCCCCCN2CCOCC2)c1. The second kappa shape index (κ2) is 14.0. The third-order valence-electron chi connectivity index (χ3n) is 5.73. The molecule has 6 heteroatoms. The van der Waals surface area contributed by atoms with Crippen LogP contribution in [-0.4, -0.2) is 57.2 Å². The van der Waals surface area contributed by atoms with Crippen molar-refractivity contribution in [1.29, 1.82) is 0 Å². The van der Waals surface area contributed by atoms with Gasteiger partial charge in [0.2, 0.25) is 0 Å². The summed E-state index contributed by atoms with van der Waals surface area (Å²) < 4.78 is 16.7. The average Bonchev–Trinajstić information content (AvgIpc) is 2.85. The van der Waals surface area contributed by atoms with E-state index in [0.717, 1.165) is 44.7 Å². The predicted octanol–water partition coefficient (Wildman–Crippen LogP) is 5.91. The molecular weight excluding hydrogens is 438 g/mol. The van der Waals surface area contributed by atoms with Gasteiger partial charge in [0.15, 0.2) is 5.78 Å². The Morgan fingerprint density at radius 3 is 2.52 bits per heavy atom. The van der Waals surface area contributed by atoms with Crippen LogP contribution in [0.25, 0.3) is 6.08 Å². The molecule has 0 N–H and O–H groups in total. The summed E-state index contributed by atoms with van der Waals surface area (Å²) in [5.74, 6) is 1.13. The number of halogens is 1. The smallest absolute Gasteiger partial charge is 0.189 e. The molecule has 1 saturated heterocycles. The first kappa shape index (κ1) is 25.3. The molecule has 1 fully saturated rings. The average molecular weight is 472 g/mol. The summed E-state index contributed by atoms with van der Waals surface area (Å²) in [6, 6.07) is 12.7. The number of hydrogen-bond donors (Lipinski definition) is 0. The first-order valence-electron chi connectivity index (χ1n) is 11.7. The van der Waals surface area contributed by atoms with E-state index in [1.54, 1.807) is 49.6 Å². The van der Waals surface area contributed by atoms with Gasteiger partial charge in [-0.3, -0.25) is 9.69 Å². The van der Waals surface area contributed by atoms with Crippen LogP contribution in [0.3, 0.4) is 0 Å². The van der Waals surface area contributed by atoms with Gasteiger partial charge in [0, 0.05) is 24.2 Å². The maximum absolute atomic E-state index is 12.8. The van der Waals surface area contributed by atoms with Gasteiger partial charge in [-0.25, -0.2) is 0 Å². The number of methoxy groups -OCH3 is 1. The highest BCUT2D eigenvalue weighted by molar-refractivity contribution is 6.30. The summed E-state index contributed by atoms with van der Waals surface area (Å²) in [5.41, 5.74) is 1.45. The Morgan fingerprint density at radius 1 is 1.03 bits per heavy atom. The topological polar surface area (TPSA) is 48.0 Å². The van der Waals surface area contributed by atoms with Gasteiger partial charge in [0.05, 0.1) is 32.5 Å². The summed E-state index contributed by atoms with van der Waals surface area (Å²) in [4.78, 5) is 15.3. The van der Waals surface area contributed by atoms with Gasteiger partial charge in [0.1, 0.15) is 11.5 Å². The van der Waals surface area contributed by atoms with Gasteiger partial charge in [-0.1, -0.05) is 49.1 Å². The molecule has 2 aromatic carbocycles. The minimum atomic E-state index is -0.106. The second-order valence-electron chi connectivity index (χ2n) is 8.18. The van der Waals surface area contributed by atoms with Gasteiger partial charge in [-0.15, -0.1) is 0 Å². The molecular formula is C27H34ClNO4. The fraction of sp³-hybridized carbons (Fsp3) is 0.444. The van der Waals surface area contributed by atoms with Crippen LogP contribution in [-0.2, 0) is 4.74 Å². The minimum Gasteiger partial charge on any atom is -0.497 e. The lowest BCUT2D eigenvalue weighted by molar-refractivity contribution is 0.0371. The zero-order valence-corrected chi connectivity index (χ0v) is 20.2. The monoisotopic (exact) mass is 471 g/mol. The number of rotatable bonds is 13. The number of carbonyl (C=O) groups excluding carboxylic acids is 1. The lowest BCUT2D eigenvalue weighted by Crippen LogP contribution is -2.36. The molecule has 1 aliphatic heterocycles. The molecule has 33 heavy (non-hydrogen) atoms. The number of ketones is 1. The summed E-state index contributed by atoms with van der Waals surface area (Å²) in [7, 11) is 1.61. The van der Waals surface area contributed by atoms with E-state index in [1.807, 2.05) is 12.1 Å². The number of allylic oxidation sites excluding steroid dienone is 1. The molecule has 5 nitrogen and oxygen atoms in total. The number of carbonyl (C=O) groups is 1. The second-order valence-corrected chi connectivity index (χ2v) is 8.62. The van der Waals surface area contributed by atoms with Crippen LogP contribution in [0.15, 0.2) is 48.5 Å². The molecule has 0 aliphatic carbocycles. The number of hydrogen-bond acceptors (Lipinski definition) is 5. The van der Waals surface area contributed by atoms with Crippen LogP contribution in [0.5, 0.6) is 11.5 Å². The first-order chi connectivity index (χ1) is 16.2. The van der Waals surface area contributed by atoms with E-state index < -0.39 is 0 Å². The van der Waals surface area contributed by atoms with Gasteiger partial charge >= 0.3 is 0 Å². The third kappa shape index (κ3) is 8.84. The van der Waals surface area contributed by atoms with Crippen molar-refractivity contribution < 1.29 is 19.0 Å². The zero-order valence-electron chi connectivity index (χ0n) is 19.4. The van der Waals surface area contributed by atoms with E-state index in [4.69, 9.17) is 25.8 Å². The molecule has 0 amide bonds. The Labute approximate surface area is 202 Å². The van der Waals surface area contributed by atoms with Crippen LogP contribution >= 0.6 is 11.6 Å². The van der Waals surface area contributed by atoms with Crippen LogP contribution in [0.4, 0.5) is 0 Å². The van der Waals surface area contributed by atoms with Crippen molar-refractivity contribution in [3.8, 4) is 11.5 Å². The maximum Gasteiger partial charge on any atom is 0.189 e. The number of morpholine rings is 1. The van der Waals surface area contributed by atoms with Gasteiger partial charge in [-0.05, 0) is 55.3 Å².